The van der Waals surface area contributed by atoms with Crippen LogP contribution < -0.4 is 15.4 Å². The Labute approximate surface area is 123 Å². The van der Waals surface area contributed by atoms with Gasteiger partial charge in [0.15, 0.2) is 0 Å². The molecule has 6 nitrogen and oxygen atoms in total. The van der Waals surface area contributed by atoms with Gasteiger partial charge in [0, 0.05) is 6.54 Å². The Morgan fingerprint density at radius 3 is 2.71 bits per heavy atom. The number of hydrogen-bond acceptors (Lipinski definition) is 3. The summed E-state index contributed by atoms with van der Waals surface area (Å²) in [6.45, 7) is 2.70. The summed E-state index contributed by atoms with van der Waals surface area (Å²) < 4.78 is 4.99. The minimum atomic E-state index is -1.12. The predicted octanol–water partition coefficient (Wildman–Crippen LogP) is 2.56. The molecule has 1 aromatic carbocycles. The fourth-order valence-electron chi connectivity index (χ4n) is 2.19. The Morgan fingerprint density at radius 1 is 1.43 bits per heavy atom. The summed E-state index contributed by atoms with van der Waals surface area (Å²) in [5.74, 6) is 0.475. The normalized spacial score (nSPS) is 15.1. The van der Waals surface area contributed by atoms with Crippen molar-refractivity contribution in [2.75, 3.05) is 19.0 Å². The number of nitrogens with one attached hydrogen (secondary N) is 2. The van der Waals surface area contributed by atoms with Crippen LogP contribution in [-0.4, -0.2) is 30.8 Å². The number of rotatable bonds is 6. The molecule has 0 aliphatic heterocycles. The molecule has 2 rings (SSSR count). The van der Waals surface area contributed by atoms with Crippen LogP contribution in [0.15, 0.2) is 18.2 Å². The van der Waals surface area contributed by atoms with Gasteiger partial charge in [0.05, 0.1) is 18.4 Å². The summed E-state index contributed by atoms with van der Waals surface area (Å²) in [4.78, 5) is 23.1. The first-order valence-electron chi connectivity index (χ1n) is 6.97. The summed E-state index contributed by atoms with van der Waals surface area (Å²) in [5.41, 5.74) is 0.250. The Kier molecular flexibility index (Phi) is 4.67. The van der Waals surface area contributed by atoms with E-state index >= 15 is 0 Å². The van der Waals surface area contributed by atoms with Crippen LogP contribution in [0, 0.1) is 11.8 Å². The molecular formula is C15H20N2O4. The van der Waals surface area contributed by atoms with E-state index in [-0.39, 0.29) is 11.3 Å². The van der Waals surface area contributed by atoms with Crippen molar-refractivity contribution in [3.63, 3.8) is 0 Å². The lowest BCUT2D eigenvalue weighted by molar-refractivity contribution is 0.0697. The third-order valence-electron chi connectivity index (χ3n) is 3.72. The van der Waals surface area contributed by atoms with Crippen LogP contribution in [0.2, 0.25) is 0 Å². The van der Waals surface area contributed by atoms with Crippen molar-refractivity contribution in [3.05, 3.63) is 23.8 Å². The Morgan fingerprint density at radius 2 is 2.14 bits per heavy atom. The molecule has 0 aromatic heterocycles. The average molecular weight is 292 g/mol. The molecule has 1 saturated carbocycles. The summed E-state index contributed by atoms with van der Waals surface area (Å²) in [6, 6.07) is 4.11. The van der Waals surface area contributed by atoms with Gasteiger partial charge < -0.3 is 20.5 Å². The minimum Gasteiger partial charge on any atom is -0.497 e. The highest BCUT2D eigenvalue weighted by Crippen LogP contribution is 2.36. The van der Waals surface area contributed by atoms with Gasteiger partial charge in [0.25, 0.3) is 0 Å². The molecule has 0 radical (unpaired) electrons. The Hall–Kier alpha value is -2.24. The van der Waals surface area contributed by atoms with Crippen LogP contribution >= 0.6 is 0 Å². The molecule has 1 aromatic rings. The number of ether oxygens (including phenoxy) is 1. The SMILES string of the molecule is COc1ccc(NC(=O)NCC(C)C2CC2)c(C(=O)O)c1. The minimum absolute atomic E-state index is 0.000239. The quantitative estimate of drug-likeness (QED) is 0.752. The molecule has 0 bridgehead atoms. The highest BCUT2D eigenvalue weighted by atomic mass is 16.5. The maximum atomic E-state index is 11.8. The van der Waals surface area contributed by atoms with E-state index in [2.05, 4.69) is 17.6 Å². The number of hydrogen-bond donors (Lipinski definition) is 3. The third-order valence-corrected chi connectivity index (χ3v) is 3.72. The van der Waals surface area contributed by atoms with Crippen molar-refractivity contribution in [3.8, 4) is 5.75 Å². The van der Waals surface area contributed by atoms with Gasteiger partial charge in [-0.15, -0.1) is 0 Å². The first kappa shape index (κ1) is 15.2. The standard InChI is InChI=1S/C15H20N2O4/c1-9(10-3-4-10)8-16-15(20)17-13-6-5-11(21-2)7-12(13)14(18)19/h5-7,9-10H,3-4,8H2,1-2H3,(H,18,19)(H2,16,17,20). The summed E-state index contributed by atoms with van der Waals surface area (Å²) in [5, 5.41) is 14.5. The molecule has 1 fully saturated rings. The lowest BCUT2D eigenvalue weighted by Crippen LogP contribution is -2.33. The van der Waals surface area contributed by atoms with E-state index in [9.17, 15) is 14.7 Å². The van der Waals surface area contributed by atoms with Gasteiger partial charge in [0.1, 0.15) is 5.75 Å². The molecule has 114 valence electrons. The second kappa shape index (κ2) is 6.47. The number of carboxylic acids is 1. The van der Waals surface area contributed by atoms with Gasteiger partial charge in [-0.2, -0.15) is 0 Å². The summed E-state index contributed by atoms with van der Waals surface area (Å²) in [7, 11) is 1.46. The number of anilines is 1. The van der Waals surface area contributed by atoms with Crippen LogP contribution in [0.25, 0.3) is 0 Å². The number of carbonyl (C=O) groups excluding carboxylic acids is 1. The number of methoxy groups -OCH3 is 1. The zero-order valence-electron chi connectivity index (χ0n) is 12.2. The van der Waals surface area contributed by atoms with E-state index < -0.39 is 12.0 Å². The molecule has 2 amide bonds. The van der Waals surface area contributed by atoms with Gasteiger partial charge in [-0.05, 0) is 42.9 Å². The maximum absolute atomic E-state index is 11.8. The van der Waals surface area contributed by atoms with E-state index in [1.807, 2.05) is 0 Å². The topological polar surface area (TPSA) is 87.7 Å². The van der Waals surface area contributed by atoms with E-state index in [4.69, 9.17) is 4.74 Å². The molecule has 1 aliphatic rings. The molecular weight excluding hydrogens is 272 g/mol. The highest BCUT2D eigenvalue weighted by Gasteiger charge is 2.27. The molecule has 1 atom stereocenters. The number of aromatic carboxylic acids is 1. The molecule has 0 saturated heterocycles. The van der Waals surface area contributed by atoms with Crippen molar-refractivity contribution < 1.29 is 19.4 Å². The molecule has 1 aliphatic carbocycles. The van der Waals surface area contributed by atoms with E-state index in [1.54, 1.807) is 6.07 Å². The second-order valence-electron chi connectivity index (χ2n) is 5.37. The average Bonchev–Trinajstić information content (AvgIpc) is 3.29. The van der Waals surface area contributed by atoms with Crippen molar-refractivity contribution >= 4 is 17.7 Å². The largest absolute Gasteiger partial charge is 0.497 e. The molecule has 3 N–H and O–H groups in total. The first-order valence-corrected chi connectivity index (χ1v) is 6.97. The van der Waals surface area contributed by atoms with Gasteiger partial charge in [-0.3, -0.25) is 0 Å². The smallest absolute Gasteiger partial charge is 0.337 e. The van der Waals surface area contributed by atoms with Crippen LogP contribution in [-0.2, 0) is 0 Å². The second-order valence-corrected chi connectivity index (χ2v) is 5.37. The number of carboxylic acid groups (broad SMARTS) is 1. The number of urea groups is 1. The van der Waals surface area contributed by atoms with Crippen LogP contribution in [0.3, 0.4) is 0 Å². The monoisotopic (exact) mass is 292 g/mol. The molecule has 21 heavy (non-hydrogen) atoms. The van der Waals surface area contributed by atoms with Crippen molar-refractivity contribution in [1.82, 2.24) is 5.32 Å². The van der Waals surface area contributed by atoms with Gasteiger partial charge in [-0.25, -0.2) is 9.59 Å². The molecule has 0 heterocycles. The number of carbonyl (C=O) groups is 2. The van der Waals surface area contributed by atoms with Crippen LogP contribution in [0.1, 0.15) is 30.1 Å². The Balaban J connectivity index is 1.97. The van der Waals surface area contributed by atoms with Crippen molar-refractivity contribution in [1.29, 1.82) is 0 Å². The van der Waals surface area contributed by atoms with Gasteiger partial charge in [0.2, 0.25) is 0 Å². The zero-order chi connectivity index (χ0) is 15.4. The van der Waals surface area contributed by atoms with E-state index in [0.717, 1.165) is 0 Å². The summed E-state index contributed by atoms with van der Waals surface area (Å²) >= 11 is 0. The maximum Gasteiger partial charge on any atom is 0.337 e. The lowest BCUT2D eigenvalue weighted by Gasteiger charge is -2.14. The van der Waals surface area contributed by atoms with Gasteiger partial charge >= 0.3 is 12.0 Å². The lowest BCUT2D eigenvalue weighted by atomic mass is 10.1. The molecule has 1 unspecified atom stereocenters. The van der Waals surface area contributed by atoms with Crippen molar-refractivity contribution in [2.24, 2.45) is 11.8 Å². The zero-order valence-corrected chi connectivity index (χ0v) is 12.2. The van der Waals surface area contributed by atoms with Crippen LogP contribution in [0.5, 0.6) is 5.75 Å². The van der Waals surface area contributed by atoms with Gasteiger partial charge in [-0.1, -0.05) is 6.92 Å². The molecule has 6 heteroatoms. The number of amides is 2. The van der Waals surface area contributed by atoms with Crippen LogP contribution in [0.4, 0.5) is 10.5 Å². The molecule has 0 spiro atoms. The predicted molar refractivity (Wildman–Crippen MR) is 78.9 cm³/mol. The first-order chi connectivity index (χ1) is 10.0. The summed E-state index contributed by atoms with van der Waals surface area (Å²) in [6.07, 6.45) is 2.46. The highest BCUT2D eigenvalue weighted by molar-refractivity contribution is 6.00. The third kappa shape index (κ3) is 4.11. The fraction of sp³-hybridized carbons (Fsp3) is 0.467. The fourth-order valence-corrected chi connectivity index (χ4v) is 2.19. The van der Waals surface area contributed by atoms with Crippen molar-refractivity contribution in [2.45, 2.75) is 19.8 Å². The Bertz CT molecular complexity index is 540. The van der Waals surface area contributed by atoms with E-state index in [0.29, 0.717) is 24.1 Å². The number of benzene rings is 1. The van der Waals surface area contributed by atoms with E-state index in [1.165, 1.54) is 32.1 Å².